The van der Waals surface area contributed by atoms with E-state index in [2.05, 4.69) is 5.32 Å². The summed E-state index contributed by atoms with van der Waals surface area (Å²) in [4.78, 5) is 13.9. The highest BCUT2D eigenvalue weighted by Crippen LogP contribution is 2.33. The monoisotopic (exact) mass is 278 g/mol. The molecule has 2 N–H and O–H groups in total. The molecule has 0 aliphatic carbocycles. The molecule has 2 rings (SSSR count). The maximum atomic E-state index is 11.8. The third-order valence-electron chi connectivity index (χ3n) is 2.94. The molecule has 5 nitrogen and oxygen atoms in total. The Morgan fingerprint density at radius 2 is 1.95 bits per heavy atom. The number of carbonyl (C=O) groups is 1. The minimum atomic E-state index is -0.654. The van der Waals surface area contributed by atoms with Crippen LogP contribution in [-0.2, 0) is 4.74 Å². The highest BCUT2D eigenvalue weighted by Gasteiger charge is 2.37. The van der Waals surface area contributed by atoms with E-state index in [1.54, 1.807) is 6.92 Å². The molecule has 0 radical (unpaired) electrons. The van der Waals surface area contributed by atoms with E-state index in [9.17, 15) is 9.90 Å². The topological polar surface area (TPSA) is 61.8 Å². The van der Waals surface area contributed by atoms with E-state index in [1.165, 1.54) is 0 Å². The lowest BCUT2D eigenvalue weighted by atomic mass is 9.96. The normalized spacial score (nSPS) is 17.4. The van der Waals surface area contributed by atoms with Crippen LogP contribution in [0.5, 0.6) is 0 Å². The van der Waals surface area contributed by atoms with Gasteiger partial charge in [-0.2, -0.15) is 0 Å². The van der Waals surface area contributed by atoms with Crippen molar-refractivity contribution >= 4 is 17.5 Å². The number of nitrogens with zero attached hydrogens (tertiary/aromatic N) is 1. The van der Waals surface area contributed by atoms with E-state index < -0.39 is 17.3 Å². The van der Waals surface area contributed by atoms with Gasteiger partial charge in [0.05, 0.1) is 17.0 Å². The molecule has 20 heavy (non-hydrogen) atoms. The maximum absolute atomic E-state index is 11.8. The lowest BCUT2D eigenvalue weighted by Gasteiger charge is -2.46. The first-order valence-electron chi connectivity index (χ1n) is 6.73. The predicted octanol–water partition coefficient (Wildman–Crippen LogP) is 2.60. The molecular formula is C15H22N2O3. The van der Waals surface area contributed by atoms with Crippen LogP contribution < -0.4 is 10.2 Å². The first-order valence-corrected chi connectivity index (χ1v) is 6.73. The van der Waals surface area contributed by atoms with Crippen molar-refractivity contribution in [1.29, 1.82) is 0 Å². The molecule has 0 spiro atoms. The van der Waals surface area contributed by atoms with E-state index in [0.29, 0.717) is 18.8 Å². The van der Waals surface area contributed by atoms with E-state index in [0.717, 1.165) is 5.69 Å². The Labute approximate surface area is 119 Å². The Kier molecular flexibility index (Phi) is 3.65. The number of carbonyl (C=O) groups excluding carboxylic acids is 1. The zero-order valence-electron chi connectivity index (χ0n) is 12.4. The maximum Gasteiger partial charge on any atom is 0.412 e. The second-order valence-corrected chi connectivity index (χ2v) is 6.50. The quantitative estimate of drug-likeness (QED) is 0.873. The predicted molar refractivity (Wildman–Crippen MR) is 79.1 cm³/mol. The summed E-state index contributed by atoms with van der Waals surface area (Å²) in [6, 6.07) is 7.50. The van der Waals surface area contributed by atoms with E-state index in [1.807, 2.05) is 49.9 Å². The number of hydrogen-bond acceptors (Lipinski definition) is 4. The van der Waals surface area contributed by atoms with Crippen molar-refractivity contribution in [2.45, 2.75) is 38.9 Å². The first kappa shape index (κ1) is 14.7. The van der Waals surface area contributed by atoms with Gasteiger partial charge in [-0.15, -0.1) is 0 Å². The molecule has 1 saturated heterocycles. The van der Waals surface area contributed by atoms with Crippen molar-refractivity contribution in [3.8, 4) is 0 Å². The van der Waals surface area contributed by atoms with Gasteiger partial charge in [-0.25, -0.2) is 4.79 Å². The molecule has 0 atom stereocenters. The Morgan fingerprint density at radius 1 is 1.35 bits per heavy atom. The van der Waals surface area contributed by atoms with Crippen LogP contribution in [-0.4, -0.2) is 35.5 Å². The van der Waals surface area contributed by atoms with E-state index in [4.69, 9.17) is 4.74 Å². The highest BCUT2D eigenvalue weighted by atomic mass is 16.6. The number of nitrogens with one attached hydrogen (secondary N) is 1. The summed E-state index contributed by atoms with van der Waals surface area (Å²) in [5, 5.41) is 12.6. The molecule has 1 aromatic rings. The number of hydrogen-bond donors (Lipinski definition) is 2. The van der Waals surface area contributed by atoms with Crippen LogP contribution in [0.1, 0.15) is 27.7 Å². The lowest BCUT2D eigenvalue weighted by molar-refractivity contribution is 0.0311. The van der Waals surface area contributed by atoms with Crippen LogP contribution in [0, 0.1) is 0 Å². The third-order valence-corrected chi connectivity index (χ3v) is 2.94. The Bertz CT molecular complexity index is 498. The SMILES string of the molecule is CC1(O)CN(c2ccccc2NC(=O)OC(C)(C)C)C1. The largest absolute Gasteiger partial charge is 0.444 e. The summed E-state index contributed by atoms with van der Waals surface area (Å²) in [5.74, 6) is 0. The fraction of sp³-hybridized carbons (Fsp3) is 0.533. The number of ether oxygens (including phenoxy) is 1. The Hall–Kier alpha value is -1.75. The summed E-state index contributed by atoms with van der Waals surface area (Å²) in [5.41, 5.74) is 0.403. The van der Waals surface area contributed by atoms with Crippen LogP contribution in [0.3, 0.4) is 0 Å². The van der Waals surface area contributed by atoms with Crippen LogP contribution in [0.4, 0.5) is 16.2 Å². The van der Waals surface area contributed by atoms with Crippen LogP contribution in [0.2, 0.25) is 0 Å². The summed E-state index contributed by atoms with van der Waals surface area (Å²) in [6.07, 6.45) is -0.475. The van der Waals surface area contributed by atoms with Gasteiger partial charge in [0.15, 0.2) is 0 Å². The molecule has 0 unspecified atom stereocenters. The number of β-amino-alcohol motifs (C(OH)–C–C–N with tert-alkyl or cyclic N) is 1. The second-order valence-electron chi connectivity index (χ2n) is 6.50. The highest BCUT2D eigenvalue weighted by molar-refractivity contribution is 5.90. The summed E-state index contributed by atoms with van der Waals surface area (Å²) >= 11 is 0. The van der Waals surface area contributed by atoms with Crippen LogP contribution in [0.25, 0.3) is 0 Å². The first-order chi connectivity index (χ1) is 9.16. The van der Waals surface area contributed by atoms with Crippen LogP contribution in [0.15, 0.2) is 24.3 Å². The molecule has 1 aromatic carbocycles. The molecule has 1 heterocycles. The number of amides is 1. The lowest BCUT2D eigenvalue weighted by Crippen LogP contribution is -2.60. The number of anilines is 2. The molecule has 0 bridgehead atoms. The standard InChI is InChI=1S/C15H22N2O3/c1-14(2,3)20-13(18)16-11-7-5-6-8-12(11)17-9-15(4,19)10-17/h5-8,19H,9-10H2,1-4H3,(H,16,18). The molecule has 1 aliphatic heterocycles. The molecule has 1 fully saturated rings. The van der Waals surface area contributed by atoms with Gasteiger partial charge in [-0.3, -0.25) is 5.32 Å². The molecule has 0 saturated carbocycles. The minimum Gasteiger partial charge on any atom is -0.444 e. The molecule has 1 aliphatic rings. The van der Waals surface area contributed by atoms with Gasteiger partial charge in [0.25, 0.3) is 0 Å². The zero-order chi connectivity index (χ0) is 15.0. The molecule has 1 amide bonds. The number of benzene rings is 1. The van der Waals surface area contributed by atoms with Crippen molar-refractivity contribution < 1.29 is 14.6 Å². The Morgan fingerprint density at radius 3 is 2.50 bits per heavy atom. The van der Waals surface area contributed by atoms with E-state index >= 15 is 0 Å². The second kappa shape index (κ2) is 4.98. The average Bonchev–Trinajstić information content (AvgIpc) is 2.23. The summed E-state index contributed by atoms with van der Waals surface area (Å²) in [7, 11) is 0. The van der Waals surface area contributed by atoms with Gasteiger partial charge in [0.2, 0.25) is 0 Å². The van der Waals surface area contributed by atoms with Crippen LogP contribution >= 0.6 is 0 Å². The Balaban J connectivity index is 2.07. The van der Waals surface area contributed by atoms with Crippen molar-refractivity contribution in [2.75, 3.05) is 23.3 Å². The van der Waals surface area contributed by atoms with Gasteiger partial charge >= 0.3 is 6.09 Å². The van der Waals surface area contributed by atoms with Gasteiger partial charge in [-0.1, -0.05) is 12.1 Å². The molecular weight excluding hydrogens is 256 g/mol. The van der Waals surface area contributed by atoms with Crippen molar-refractivity contribution in [3.63, 3.8) is 0 Å². The average molecular weight is 278 g/mol. The van der Waals surface area contributed by atoms with Gasteiger partial charge in [0, 0.05) is 13.1 Å². The smallest absolute Gasteiger partial charge is 0.412 e. The van der Waals surface area contributed by atoms with Gasteiger partial charge < -0.3 is 14.7 Å². The molecule has 110 valence electrons. The number of para-hydroxylation sites is 2. The third kappa shape index (κ3) is 3.63. The molecule has 5 heteroatoms. The zero-order valence-corrected chi connectivity index (χ0v) is 12.4. The fourth-order valence-corrected chi connectivity index (χ4v) is 2.22. The van der Waals surface area contributed by atoms with Crippen molar-refractivity contribution in [1.82, 2.24) is 0 Å². The number of rotatable bonds is 2. The van der Waals surface area contributed by atoms with Crippen molar-refractivity contribution in [2.24, 2.45) is 0 Å². The van der Waals surface area contributed by atoms with Gasteiger partial charge in [0.1, 0.15) is 5.60 Å². The van der Waals surface area contributed by atoms with E-state index in [-0.39, 0.29) is 0 Å². The molecule has 0 aromatic heterocycles. The summed E-state index contributed by atoms with van der Waals surface area (Å²) in [6.45, 7) is 8.38. The minimum absolute atomic E-state index is 0.475. The van der Waals surface area contributed by atoms with Gasteiger partial charge in [-0.05, 0) is 39.8 Å². The fourth-order valence-electron chi connectivity index (χ4n) is 2.22. The van der Waals surface area contributed by atoms with Crippen molar-refractivity contribution in [3.05, 3.63) is 24.3 Å². The summed E-state index contributed by atoms with van der Waals surface area (Å²) < 4.78 is 5.25. The number of aliphatic hydroxyl groups is 1.